The van der Waals surface area contributed by atoms with E-state index in [0.29, 0.717) is 11.8 Å². The zero-order valence-electron chi connectivity index (χ0n) is 15.9. The number of halogens is 1. The highest BCUT2D eigenvalue weighted by molar-refractivity contribution is 5.91. The van der Waals surface area contributed by atoms with Crippen LogP contribution in [0.4, 0.5) is 0 Å². The lowest BCUT2D eigenvalue weighted by Crippen LogP contribution is -2.58. The third-order valence-corrected chi connectivity index (χ3v) is 5.26. The number of rotatable bonds is 5. The second-order valence-corrected chi connectivity index (χ2v) is 7.16. The van der Waals surface area contributed by atoms with Crippen LogP contribution in [0.2, 0.25) is 0 Å². The predicted octanol–water partition coefficient (Wildman–Crippen LogP) is 4.18. The number of hydrogen-bond donors (Lipinski definition) is 0. The van der Waals surface area contributed by atoms with Gasteiger partial charge in [-0.1, -0.05) is 24.3 Å². The number of hydrogen-bond acceptors (Lipinski definition) is 3. The largest absolute Gasteiger partial charge is 0.459 e. The van der Waals surface area contributed by atoms with Gasteiger partial charge in [-0.2, -0.15) is 0 Å². The minimum atomic E-state index is 0. The SMILES string of the molecule is Cc1ccccc1CCCN1C[C@@H](C)N(C(=O)c2ccco2)C[C@@H]1C.Cl. The van der Waals surface area contributed by atoms with E-state index < -0.39 is 0 Å². The zero-order chi connectivity index (χ0) is 17.8. The molecule has 1 aliphatic heterocycles. The van der Waals surface area contributed by atoms with Gasteiger partial charge < -0.3 is 9.32 Å². The fourth-order valence-electron chi connectivity index (χ4n) is 3.70. The second-order valence-electron chi connectivity index (χ2n) is 7.16. The molecular weight excluding hydrogens is 348 g/mol. The first-order valence-corrected chi connectivity index (χ1v) is 9.19. The van der Waals surface area contributed by atoms with E-state index in [-0.39, 0.29) is 24.4 Å². The molecule has 2 atom stereocenters. The van der Waals surface area contributed by atoms with Crippen molar-refractivity contribution in [2.24, 2.45) is 0 Å². The summed E-state index contributed by atoms with van der Waals surface area (Å²) in [6, 6.07) is 12.7. The lowest BCUT2D eigenvalue weighted by Gasteiger charge is -2.44. The Hall–Kier alpha value is -1.78. The van der Waals surface area contributed by atoms with Crippen molar-refractivity contribution in [3.05, 3.63) is 59.5 Å². The van der Waals surface area contributed by atoms with Gasteiger partial charge in [0.25, 0.3) is 5.91 Å². The van der Waals surface area contributed by atoms with Crippen molar-refractivity contribution >= 4 is 18.3 Å². The van der Waals surface area contributed by atoms with Crippen LogP contribution in [0.5, 0.6) is 0 Å². The van der Waals surface area contributed by atoms with E-state index in [9.17, 15) is 4.79 Å². The maximum absolute atomic E-state index is 12.6. The molecule has 0 saturated carbocycles. The van der Waals surface area contributed by atoms with Crippen molar-refractivity contribution in [1.82, 2.24) is 9.80 Å². The van der Waals surface area contributed by atoms with Crippen molar-refractivity contribution in [3.63, 3.8) is 0 Å². The molecule has 0 unspecified atom stereocenters. The molecule has 1 aromatic heterocycles. The second kappa shape index (κ2) is 9.24. The summed E-state index contributed by atoms with van der Waals surface area (Å²) in [7, 11) is 0. The van der Waals surface area contributed by atoms with Gasteiger partial charge in [0.05, 0.1) is 6.26 Å². The molecule has 5 heteroatoms. The average Bonchev–Trinajstić information content (AvgIpc) is 3.13. The summed E-state index contributed by atoms with van der Waals surface area (Å²) < 4.78 is 5.28. The molecule has 0 radical (unpaired) electrons. The molecule has 142 valence electrons. The molecule has 3 rings (SSSR count). The first kappa shape index (κ1) is 20.5. The van der Waals surface area contributed by atoms with Gasteiger partial charge in [-0.05, 0) is 63.4 Å². The van der Waals surface area contributed by atoms with Gasteiger partial charge in [0.2, 0.25) is 0 Å². The van der Waals surface area contributed by atoms with Crippen LogP contribution in [-0.2, 0) is 6.42 Å². The molecule has 1 saturated heterocycles. The van der Waals surface area contributed by atoms with Crippen molar-refractivity contribution in [2.45, 2.75) is 45.7 Å². The fraction of sp³-hybridized carbons (Fsp3) is 0.476. The molecule has 1 aliphatic rings. The molecule has 1 aromatic carbocycles. The quantitative estimate of drug-likeness (QED) is 0.785. The molecule has 26 heavy (non-hydrogen) atoms. The van der Waals surface area contributed by atoms with Gasteiger partial charge in [-0.3, -0.25) is 9.69 Å². The molecule has 2 aromatic rings. The van der Waals surface area contributed by atoms with E-state index in [1.165, 1.54) is 11.1 Å². The summed E-state index contributed by atoms with van der Waals surface area (Å²) in [5.41, 5.74) is 2.81. The Kier molecular flexibility index (Phi) is 7.30. The summed E-state index contributed by atoms with van der Waals surface area (Å²) in [5.74, 6) is 0.441. The maximum Gasteiger partial charge on any atom is 0.289 e. The highest BCUT2D eigenvalue weighted by atomic mass is 35.5. The summed E-state index contributed by atoms with van der Waals surface area (Å²) in [6.07, 6.45) is 3.82. The van der Waals surface area contributed by atoms with E-state index in [1.807, 2.05) is 4.90 Å². The van der Waals surface area contributed by atoms with Crippen LogP contribution in [0.1, 0.15) is 41.9 Å². The van der Waals surface area contributed by atoms with E-state index in [0.717, 1.165) is 32.5 Å². The number of benzene rings is 1. The standard InChI is InChI=1S/C21H28N2O2.ClH/c1-16-8-4-5-9-19(16)10-6-12-22-14-18(3)23(15-17(22)2)21(24)20-11-7-13-25-20;/h4-5,7-9,11,13,17-18H,6,10,12,14-15H2,1-3H3;1H/t17-,18+;/m0./s1. The number of amides is 1. The molecule has 4 nitrogen and oxygen atoms in total. The average molecular weight is 377 g/mol. The minimum absolute atomic E-state index is 0. The molecule has 0 N–H and O–H groups in total. The van der Waals surface area contributed by atoms with Gasteiger partial charge in [0.15, 0.2) is 5.76 Å². The highest BCUT2D eigenvalue weighted by Crippen LogP contribution is 2.19. The van der Waals surface area contributed by atoms with Crippen molar-refractivity contribution in [1.29, 1.82) is 0 Å². The number of furan rings is 1. The molecule has 2 heterocycles. The van der Waals surface area contributed by atoms with Gasteiger partial charge >= 0.3 is 0 Å². The van der Waals surface area contributed by atoms with E-state index >= 15 is 0 Å². The van der Waals surface area contributed by atoms with Crippen LogP contribution >= 0.6 is 12.4 Å². The smallest absolute Gasteiger partial charge is 0.289 e. The maximum atomic E-state index is 12.6. The normalized spacial score (nSPS) is 20.7. The van der Waals surface area contributed by atoms with E-state index in [4.69, 9.17) is 4.42 Å². The van der Waals surface area contributed by atoms with Crippen LogP contribution in [-0.4, -0.2) is 47.4 Å². The lowest BCUT2D eigenvalue weighted by atomic mass is 10.0. The molecule has 1 fully saturated rings. The van der Waals surface area contributed by atoms with Crippen LogP contribution in [0.25, 0.3) is 0 Å². The highest BCUT2D eigenvalue weighted by Gasteiger charge is 2.32. The number of carbonyl (C=O) groups excluding carboxylic acids is 1. The topological polar surface area (TPSA) is 36.7 Å². The van der Waals surface area contributed by atoms with Crippen LogP contribution in [0, 0.1) is 6.92 Å². The summed E-state index contributed by atoms with van der Waals surface area (Å²) in [6.45, 7) is 9.26. The monoisotopic (exact) mass is 376 g/mol. The Labute approximate surface area is 162 Å². The Morgan fingerprint density at radius 2 is 1.88 bits per heavy atom. The Morgan fingerprint density at radius 1 is 1.12 bits per heavy atom. The Balaban J connectivity index is 0.00000243. The van der Waals surface area contributed by atoms with Gasteiger partial charge in [0.1, 0.15) is 0 Å². The summed E-state index contributed by atoms with van der Waals surface area (Å²) >= 11 is 0. The van der Waals surface area contributed by atoms with Crippen molar-refractivity contribution in [2.75, 3.05) is 19.6 Å². The minimum Gasteiger partial charge on any atom is -0.459 e. The number of nitrogens with zero attached hydrogens (tertiary/aromatic N) is 2. The van der Waals surface area contributed by atoms with Gasteiger partial charge in [0, 0.05) is 25.2 Å². The van der Waals surface area contributed by atoms with Crippen LogP contribution < -0.4 is 0 Å². The fourth-order valence-corrected chi connectivity index (χ4v) is 3.70. The van der Waals surface area contributed by atoms with Crippen LogP contribution in [0.3, 0.4) is 0 Å². The Bertz CT molecular complexity index is 702. The summed E-state index contributed by atoms with van der Waals surface area (Å²) in [5, 5.41) is 0. The molecule has 1 amide bonds. The molecule has 0 bridgehead atoms. The van der Waals surface area contributed by atoms with Crippen molar-refractivity contribution < 1.29 is 9.21 Å². The number of aryl methyl sites for hydroxylation is 2. The van der Waals surface area contributed by atoms with Gasteiger partial charge in [-0.25, -0.2) is 0 Å². The predicted molar refractivity (Wildman–Crippen MR) is 107 cm³/mol. The molecular formula is C21H29ClN2O2. The first-order valence-electron chi connectivity index (χ1n) is 9.19. The lowest BCUT2D eigenvalue weighted by molar-refractivity contribution is 0.0290. The van der Waals surface area contributed by atoms with Gasteiger partial charge in [-0.15, -0.1) is 12.4 Å². The third kappa shape index (κ3) is 4.68. The van der Waals surface area contributed by atoms with E-state index in [1.54, 1.807) is 18.4 Å². The molecule has 0 aliphatic carbocycles. The molecule has 0 spiro atoms. The number of carbonyl (C=O) groups is 1. The zero-order valence-corrected chi connectivity index (χ0v) is 16.7. The number of piperazine rings is 1. The Morgan fingerprint density at radius 3 is 2.58 bits per heavy atom. The van der Waals surface area contributed by atoms with Crippen LogP contribution in [0.15, 0.2) is 47.1 Å². The van der Waals surface area contributed by atoms with Crippen molar-refractivity contribution in [3.8, 4) is 0 Å². The first-order chi connectivity index (χ1) is 12.1. The third-order valence-electron chi connectivity index (χ3n) is 5.26. The summed E-state index contributed by atoms with van der Waals surface area (Å²) in [4.78, 5) is 17.0. The van der Waals surface area contributed by atoms with E-state index in [2.05, 4.69) is 49.9 Å².